The summed E-state index contributed by atoms with van der Waals surface area (Å²) < 4.78 is 7.33. The van der Waals surface area contributed by atoms with Crippen LogP contribution >= 0.6 is 23.1 Å². The minimum absolute atomic E-state index is 0.300. The molecule has 6 rings (SSSR count). The molecule has 0 N–H and O–H groups in total. The van der Waals surface area contributed by atoms with Crippen molar-refractivity contribution in [1.82, 2.24) is 9.78 Å². The first-order valence-corrected chi connectivity index (χ1v) is 12.6. The van der Waals surface area contributed by atoms with Crippen LogP contribution in [0.2, 0.25) is 0 Å². The highest BCUT2D eigenvalue weighted by Gasteiger charge is 2.29. The van der Waals surface area contributed by atoms with Gasteiger partial charge in [0.25, 0.3) is 5.91 Å². The zero-order valence-corrected chi connectivity index (χ0v) is 20.3. The zero-order valence-electron chi connectivity index (χ0n) is 18.7. The number of carbonyl (C=O) groups is 2. The van der Waals surface area contributed by atoms with Gasteiger partial charge < -0.3 is 4.74 Å². The highest BCUT2D eigenvalue weighted by molar-refractivity contribution is 7.99. The summed E-state index contributed by atoms with van der Waals surface area (Å²) in [6.07, 6.45) is 0. The molecule has 0 spiro atoms. The van der Waals surface area contributed by atoms with Gasteiger partial charge in [0.15, 0.2) is 6.61 Å². The number of esters is 1. The molecule has 172 valence electrons. The number of benzene rings is 3. The van der Waals surface area contributed by atoms with Crippen LogP contribution in [0.4, 0.5) is 11.4 Å². The highest BCUT2D eigenvalue weighted by Crippen LogP contribution is 2.47. The van der Waals surface area contributed by atoms with Crippen molar-refractivity contribution in [3.05, 3.63) is 95.5 Å². The highest BCUT2D eigenvalue weighted by atomic mass is 32.2. The van der Waals surface area contributed by atoms with Gasteiger partial charge in [-0.2, -0.15) is 5.10 Å². The van der Waals surface area contributed by atoms with E-state index in [4.69, 9.17) is 4.74 Å². The second kappa shape index (κ2) is 8.72. The topological polar surface area (TPSA) is 64.4 Å². The largest absolute Gasteiger partial charge is 0.451 e. The number of rotatable bonds is 4. The van der Waals surface area contributed by atoms with Crippen LogP contribution in [-0.4, -0.2) is 28.3 Å². The Balaban J connectivity index is 1.25. The van der Waals surface area contributed by atoms with E-state index in [1.165, 1.54) is 11.3 Å². The lowest BCUT2D eigenvalue weighted by Crippen LogP contribution is -2.32. The van der Waals surface area contributed by atoms with Crippen molar-refractivity contribution in [3.8, 4) is 5.69 Å². The number of nitrogens with zero attached hydrogens (tertiary/aromatic N) is 3. The summed E-state index contributed by atoms with van der Waals surface area (Å²) in [7, 11) is 0. The Morgan fingerprint density at radius 1 is 0.886 bits per heavy atom. The Morgan fingerprint density at radius 3 is 2.20 bits per heavy atom. The normalized spacial score (nSPS) is 12.3. The van der Waals surface area contributed by atoms with E-state index >= 15 is 0 Å². The molecule has 1 aliphatic rings. The maximum atomic E-state index is 13.3. The van der Waals surface area contributed by atoms with E-state index in [9.17, 15) is 9.59 Å². The quantitative estimate of drug-likeness (QED) is 0.270. The third-order valence-corrected chi connectivity index (χ3v) is 7.98. The Kier molecular flexibility index (Phi) is 5.39. The number of fused-ring (bicyclic) bond motifs is 3. The number of aromatic nitrogens is 2. The van der Waals surface area contributed by atoms with Gasteiger partial charge in [0.1, 0.15) is 9.71 Å². The first kappa shape index (κ1) is 21.6. The average molecular weight is 498 g/mol. The Bertz CT molecular complexity index is 1540. The fraction of sp³-hybridized carbons (Fsp3) is 0.0741. The fourth-order valence-electron chi connectivity index (χ4n) is 4.13. The minimum atomic E-state index is -0.522. The molecule has 0 radical (unpaired) electrons. The summed E-state index contributed by atoms with van der Waals surface area (Å²) in [5.74, 6) is -0.821. The van der Waals surface area contributed by atoms with Crippen molar-refractivity contribution < 1.29 is 14.3 Å². The van der Waals surface area contributed by atoms with Crippen molar-refractivity contribution in [2.24, 2.45) is 0 Å². The summed E-state index contributed by atoms with van der Waals surface area (Å²) in [6.45, 7) is 1.56. The van der Waals surface area contributed by atoms with Crippen LogP contribution in [0.3, 0.4) is 0 Å². The average Bonchev–Trinajstić information content (AvgIpc) is 3.46. The van der Waals surface area contributed by atoms with E-state index in [0.29, 0.717) is 4.88 Å². The third kappa shape index (κ3) is 3.80. The van der Waals surface area contributed by atoms with Crippen molar-refractivity contribution in [1.29, 1.82) is 0 Å². The number of thiophene rings is 1. The maximum Gasteiger partial charge on any atom is 0.348 e. The minimum Gasteiger partial charge on any atom is -0.451 e. The maximum absolute atomic E-state index is 13.3. The number of anilines is 2. The first-order chi connectivity index (χ1) is 17.1. The molecular formula is C27H19N3O3S2. The molecule has 0 fully saturated rings. The monoisotopic (exact) mass is 497 g/mol. The number of para-hydroxylation sites is 3. The van der Waals surface area contributed by atoms with Crippen LogP contribution in [0.1, 0.15) is 15.4 Å². The van der Waals surface area contributed by atoms with Crippen LogP contribution in [0, 0.1) is 6.92 Å². The van der Waals surface area contributed by atoms with Gasteiger partial charge in [0.2, 0.25) is 0 Å². The van der Waals surface area contributed by atoms with Gasteiger partial charge in [-0.05, 0) is 49.4 Å². The molecule has 0 aliphatic carbocycles. The fourth-order valence-corrected chi connectivity index (χ4v) is 6.26. The van der Waals surface area contributed by atoms with Crippen molar-refractivity contribution in [2.75, 3.05) is 11.5 Å². The number of carbonyl (C=O) groups excluding carboxylic acids is 2. The van der Waals surface area contributed by atoms with Gasteiger partial charge in [-0.25, -0.2) is 9.48 Å². The Hall–Kier alpha value is -3.88. The van der Waals surface area contributed by atoms with E-state index < -0.39 is 5.97 Å². The standard InChI is InChI=1S/C27H19N3O3S2/c1-17-19-15-24(35-26(19)30(28-17)18-9-3-2-4-10-18)27(32)33-16-25(31)29-20-11-5-7-13-22(20)34-23-14-8-6-12-21(23)29/h2-15H,16H2,1H3. The molecule has 1 aliphatic heterocycles. The summed E-state index contributed by atoms with van der Waals surface area (Å²) in [5, 5.41) is 5.51. The zero-order chi connectivity index (χ0) is 23.9. The lowest BCUT2D eigenvalue weighted by molar-refractivity contribution is -0.121. The van der Waals surface area contributed by atoms with Crippen LogP contribution < -0.4 is 4.90 Å². The van der Waals surface area contributed by atoms with Gasteiger partial charge in [0, 0.05) is 15.2 Å². The van der Waals surface area contributed by atoms with E-state index in [0.717, 1.165) is 42.8 Å². The van der Waals surface area contributed by atoms with Crippen LogP contribution in [0.25, 0.3) is 15.9 Å². The predicted molar refractivity (Wildman–Crippen MR) is 138 cm³/mol. The molecule has 6 nitrogen and oxygen atoms in total. The molecule has 2 aromatic heterocycles. The number of ether oxygens (including phenoxy) is 1. The van der Waals surface area contributed by atoms with E-state index in [-0.39, 0.29) is 12.5 Å². The molecule has 0 unspecified atom stereocenters. The van der Waals surface area contributed by atoms with E-state index in [1.807, 2.05) is 90.5 Å². The lowest BCUT2D eigenvalue weighted by atomic mass is 10.2. The first-order valence-electron chi connectivity index (χ1n) is 11.0. The second-order valence-electron chi connectivity index (χ2n) is 8.01. The van der Waals surface area contributed by atoms with Gasteiger partial charge in [-0.3, -0.25) is 9.69 Å². The molecule has 5 aromatic rings. The molecule has 3 heterocycles. The molecule has 0 saturated carbocycles. The number of amides is 1. The van der Waals surface area contributed by atoms with Crippen LogP contribution in [0.5, 0.6) is 0 Å². The predicted octanol–water partition coefficient (Wildman–Crippen LogP) is 6.38. The number of hydrogen-bond donors (Lipinski definition) is 0. The van der Waals surface area contributed by atoms with Crippen LogP contribution in [0.15, 0.2) is 94.7 Å². The third-order valence-electron chi connectivity index (χ3n) is 5.75. The summed E-state index contributed by atoms with van der Waals surface area (Å²) >= 11 is 2.93. The van der Waals surface area contributed by atoms with Crippen molar-refractivity contribution in [2.45, 2.75) is 16.7 Å². The van der Waals surface area contributed by atoms with Crippen molar-refractivity contribution >= 4 is 56.6 Å². The van der Waals surface area contributed by atoms with Gasteiger partial charge in [-0.1, -0.05) is 54.2 Å². The lowest BCUT2D eigenvalue weighted by Gasteiger charge is -2.30. The molecule has 3 aromatic carbocycles. The van der Waals surface area contributed by atoms with Gasteiger partial charge in [0.05, 0.1) is 22.8 Å². The summed E-state index contributed by atoms with van der Waals surface area (Å²) in [5.41, 5.74) is 3.33. The molecular weight excluding hydrogens is 478 g/mol. The molecule has 0 atom stereocenters. The Morgan fingerprint density at radius 2 is 1.51 bits per heavy atom. The van der Waals surface area contributed by atoms with E-state index in [1.54, 1.807) is 22.7 Å². The summed E-state index contributed by atoms with van der Waals surface area (Å²) in [4.78, 5) is 31.1. The van der Waals surface area contributed by atoms with Gasteiger partial charge in [-0.15, -0.1) is 11.3 Å². The molecule has 0 saturated heterocycles. The van der Waals surface area contributed by atoms with Crippen LogP contribution in [-0.2, 0) is 9.53 Å². The second-order valence-corrected chi connectivity index (χ2v) is 10.1. The molecule has 0 bridgehead atoms. The molecule has 35 heavy (non-hydrogen) atoms. The Labute approximate surface area is 209 Å². The van der Waals surface area contributed by atoms with Gasteiger partial charge >= 0.3 is 5.97 Å². The molecule has 1 amide bonds. The number of hydrogen-bond acceptors (Lipinski definition) is 6. The van der Waals surface area contributed by atoms with Crippen molar-refractivity contribution in [3.63, 3.8) is 0 Å². The SMILES string of the molecule is Cc1nn(-c2ccccc2)c2sc(C(=O)OCC(=O)N3c4ccccc4Sc4ccccc43)cc12. The summed E-state index contributed by atoms with van der Waals surface area (Å²) in [6, 6.07) is 27.0. The molecule has 8 heteroatoms. The van der Waals surface area contributed by atoms with E-state index in [2.05, 4.69) is 5.10 Å². The number of aryl methyl sites for hydroxylation is 1. The smallest absolute Gasteiger partial charge is 0.348 e.